The first-order valence-electron chi connectivity index (χ1n) is 7.85. The van der Waals surface area contributed by atoms with Crippen molar-refractivity contribution in [2.24, 2.45) is 0 Å². The maximum absolute atomic E-state index is 5.38. The highest BCUT2D eigenvalue weighted by atomic mass is 32.2. The largest absolute Gasteiger partial charge is 0.497 e. The van der Waals surface area contributed by atoms with E-state index in [1.807, 2.05) is 19.1 Å². The highest BCUT2D eigenvalue weighted by molar-refractivity contribution is 7.99. The lowest BCUT2D eigenvalue weighted by molar-refractivity contribution is 0.415. The summed E-state index contributed by atoms with van der Waals surface area (Å²) in [4.78, 5) is 7.06. The lowest BCUT2D eigenvalue weighted by Gasteiger charge is -2.10. The molecule has 0 radical (unpaired) electrons. The number of nitrogens with zero attached hydrogens (tertiary/aromatic N) is 1. The molecule has 0 atom stereocenters. The molecule has 0 aliphatic rings. The molecule has 3 aromatic carbocycles. The molecule has 0 unspecified atom stereocenters. The zero-order valence-electron chi connectivity index (χ0n) is 13.6. The number of benzene rings is 3. The Morgan fingerprint density at radius 1 is 0.875 bits per heavy atom. The second-order valence-corrected chi connectivity index (χ2v) is 6.87. The van der Waals surface area contributed by atoms with Gasteiger partial charge in [-0.2, -0.15) is 0 Å². The minimum Gasteiger partial charge on any atom is -0.497 e. The fourth-order valence-electron chi connectivity index (χ4n) is 2.87. The summed E-state index contributed by atoms with van der Waals surface area (Å²) < 4.78 is 5.38. The Bertz CT molecular complexity index is 1040. The summed E-state index contributed by atoms with van der Waals surface area (Å²) in [6.45, 7) is 2.04. The molecule has 1 heterocycles. The van der Waals surface area contributed by atoms with Crippen molar-refractivity contribution in [2.45, 2.75) is 16.7 Å². The molecule has 0 N–H and O–H groups in total. The summed E-state index contributed by atoms with van der Waals surface area (Å²) in [6, 6.07) is 23.2. The van der Waals surface area contributed by atoms with Gasteiger partial charge < -0.3 is 4.74 Å². The zero-order valence-corrected chi connectivity index (χ0v) is 14.4. The van der Waals surface area contributed by atoms with Crippen LogP contribution >= 0.6 is 11.8 Å². The van der Waals surface area contributed by atoms with E-state index in [4.69, 9.17) is 4.74 Å². The van der Waals surface area contributed by atoms with Gasteiger partial charge in [-0.1, -0.05) is 42.1 Å². The molecular formula is C21H17NOS. The number of rotatable bonds is 3. The molecule has 1 aromatic heterocycles. The van der Waals surface area contributed by atoms with Crippen molar-refractivity contribution in [3.63, 3.8) is 0 Å². The van der Waals surface area contributed by atoms with Crippen LogP contribution in [0.5, 0.6) is 5.75 Å². The first-order valence-corrected chi connectivity index (χ1v) is 8.67. The Labute approximate surface area is 145 Å². The summed E-state index contributed by atoms with van der Waals surface area (Å²) in [5.74, 6) is 0.855. The van der Waals surface area contributed by atoms with E-state index in [2.05, 4.69) is 59.6 Å². The molecule has 0 aliphatic heterocycles. The van der Waals surface area contributed by atoms with Crippen molar-refractivity contribution in [2.75, 3.05) is 7.11 Å². The molecule has 0 amide bonds. The molecule has 3 heteroatoms. The third-order valence-electron chi connectivity index (χ3n) is 4.05. The summed E-state index contributed by atoms with van der Waals surface area (Å²) in [7, 11) is 1.69. The molecule has 2 nitrogen and oxygen atoms in total. The van der Waals surface area contributed by atoms with E-state index in [1.54, 1.807) is 18.9 Å². The van der Waals surface area contributed by atoms with Gasteiger partial charge in [0, 0.05) is 20.9 Å². The van der Waals surface area contributed by atoms with Crippen LogP contribution in [0.4, 0.5) is 0 Å². The van der Waals surface area contributed by atoms with Gasteiger partial charge in [0.1, 0.15) is 5.75 Å². The van der Waals surface area contributed by atoms with Crippen molar-refractivity contribution < 1.29 is 4.74 Å². The van der Waals surface area contributed by atoms with Crippen LogP contribution in [-0.2, 0) is 0 Å². The summed E-state index contributed by atoms with van der Waals surface area (Å²) >= 11 is 1.77. The average molecular weight is 331 g/mol. The third kappa shape index (κ3) is 2.83. The fourth-order valence-corrected chi connectivity index (χ4v) is 3.95. The standard InChI is InChI=1S/C21H17NOS/c1-14-11-21(19-13-17(23-2)8-10-20(19)22-14)24-18-9-7-15-5-3-4-6-16(15)12-18/h3-13H,1-2H3. The van der Waals surface area contributed by atoms with Crippen LogP contribution < -0.4 is 4.74 Å². The molecule has 0 saturated heterocycles. The van der Waals surface area contributed by atoms with Crippen molar-refractivity contribution >= 4 is 33.4 Å². The van der Waals surface area contributed by atoms with E-state index < -0.39 is 0 Å². The second-order valence-electron chi connectivity index (χ2n) is 5.76. The van der Waals surface area contributed by atoms with E-state index in [-0.39, 0.29) is 0 Å². The Hall–Kier alpha value is -2.52. The maximum Gasteiger partial charge on any atom is 0.119 e. The van der Waals surface area contributed by atoms with Gasteiger partial charge in [0.25, 0.3) is 0 Å². The molecule has 0 fully saturated rings. The monoisotopic (exact) mass is 331 g/mol. The zero-order chi connectivity index (χ0) is 16.5. The average Bonchev–Trinajstić information content (AvgIpc) is 2.61. The Kier molecular flexibility index (Phi) is 3.87. The van der Waals surface area contributed by atoms with Gasteiger partial charge in [-0.05, 0) is 54.1 Å². The molecule has 4 aromatic rings. The summed E-state index contributed by atoms with van der Waals surface area (Å²) in [5, 5.41) is 3.65. The number of aromatic nitrogens is 1. The van der Waals surface area contributed by atoms with E-state index >= 15 is 0 Å². The molecule has 0 spiro atoms. The summed E-state index contributed by atoms with van der Waals surface area (Å²) in [6.07, 6.45) is 0. The first-order chi connectivity index (χ1) is 11.7. The Balaban J connectivity index is 1.82. The molecule has 24 heavy (non-hydrogen) atoms. The quantitative estimate of drug-likeness (QED) is 0.470. The van der Waals surface area contributed by atoms with Gasteiger partial charge in [-0.15, -0.1) is 0 Å². The smallest absolute Gasteiger partial charge is 0.119 e. The number of fused-ring (bicyclic) bond motifs is 2. The number of hydrogen-bond donors (Lipinski definition) is 0. The summed E-state index contributed by atoms with van der Waals surface area (Å²) in [5.41, 5.74) is 2.02. The van der Waals surface area contributed by atoms with Gasteiger partial charge in [-0.3, -0.25) is 4.98 Å². The highest BCUT2D eigenvalue weighted by Gasteiger charge is 2.08. The van der Waals surface area contributed by atoms with Gasteiger partial charge >= 0.3 is 0 Å². The Morgan fingerprint density at radius 2 is 1.71 bits per heavy atom. The van der Waals surface area contributed by atoms with E-state index in [0.29, 0.717) is 0 Å². The van der Waals surface area contributed by atoms with Gasteiger partial charge in [0.2, 0.25) is 0 Å². The number of methoxy groups -OCH3 is 1. The predicted molar refractivity (Wildman–Crippen MR) is 101 cm³/mol. The third-order valence-corrected chi connectivity index (χ3v) is 5.10. The topological polar surface area (TPSA) is 22.1 Å². The van der Waals surface area contributed by atoms with E-state index in [0.717, 1.165) is 22.3 Å². The highest BCUT2D eigenvalue weighted by Crippen LogP contribution is 2.36. The van der Waals surface area contributed by atoms with Crippen LogP contribution in [0.25, 0.3) is 21.7 Å². The van der Waals surface area contributed by atoms with E-state index in [1.165, 1.54) is 20.6 Å². The van der Waals surface area contributed by atoms with Crippen molar-refractivity contribution in [1.29, 1.82) is 0 Å². The van der Waals surface area contributed by atoms with E-state index in [9.17, 15) is 0 Å². The number of hydrogen-bond acceptors (Lipinski definition) is 3. The molecule has 0 saturated carbocycles. The van der Waals surface area contributed by atoms with Gasteiger partial charge in [0.05, 0.1) is 12.6 Å². The Morgan fingerprint density at radius 3 is 2.54 bits per heavy atom. The van der Waals surface area contributed by atoms with Crippen molar-refractivity contribution in [3.05, 3.63) is 72.4 Å². The minimum absolute atomic E-state index is 0.855. The van der Waals surface area contributed by atoms with Gasteiger partial charge in [-0.25, -0.2) is 0 Å². The molecule has 0 bridgehead atoms. The van der Waals surface area contributed by atoms with Crippen LogP contribution in [0.15, 0.2) is 76.5 Å². The molecule has 118 valence electrons. The maximum atomic E-state index is 5.38. The lowest BCUT2D eigenvalue weighted by Crippen LogP contribution is -1.89. The van der Waals surface area contributed by atoms with Crippen molar-refractivity contribution in [3.8, 4) is 5.75 Å². The molecular weight excluding hydrogens is 314 g/mol. The van der Waals surface area contributed by atoms with Crippen LogP contribution in [0.3, 0.4) is 0 Å². The second kappa shape index (κ2) is 6.17. The number of ether oxygens (including phenoxy) is 1. The van der Waals surface area contributed by atoms with Crippen LogP contribution in [0.1, 0.15) is 5.69 Å². The normalized spacial score (nSPS) is 11.1. The SMILES string of the molecule is COc1ccc2nc(C)cc(Sc3ccc4ccccc4c3)c2c1. The minimum atomic E-state index is 0.855. The van der Waals surface area contributed by atoms with Crippen LogP contribution in [-0.4, -0.2) is 12.1 Å². The number of pyridine rings is 1. The molecule has 4 rings (SSSR count). The predicted octanol–water partition coefficient (Wildman–Crippen LogP) is 5.86. The van der Waals surface area contributed by atoms with Crippen LogP contribution in [0.2, 0.25) is 0 Å². The first kappa shape index (κ1) is 15.0. The lowest BCUT2D eigenvalue weighted by atomic mass is 10.1. The molecule has 0 aliphatic carbocycles. The van der Waals surface area contributed by atoms with Crippen LogP contribution in [0, 0.1) is 6.92 Å². The van der Waals surface area contributed by atoms with Gasteiger partial charge in [0.15, 0.2) is 0 Å². The van der Waals surface area contributed by atoms with Crippen molar-refractivity contribution in [1.82, 2.24) is 4.98 Å². The fraction of sp³-hybridized carbons (Fsp3) is 0.0952. The number of aryl methyl sites for hydroxylation is 1.